The molecule has 1 radical (unpaired) electrons. The Morgan fingerprint density at radius 1 is 1.71 bits per heavy atom. The lowest BCUT2D eigenvalue weighted by Gasteiger charge is -1.98. The SMILES string of the molecule is C[CH]CC(F)CC. The zero-order valence-corrected chi connectivity index (χ0v) is 4.95. The average molecular weight is 103 g/mol. The van der Waals surface area contributed by atoms with Crippen LogP contribution < -0.4 is 0 Å². The Labute approximate surface area is 44.7 Å². The summed E-state index contributed by atoms with van der Waals surface area (Å²) in [7, 11) is 0. The van der Waals surface area contributed by atoms with Gasteiger partial charge < -0.3 is 0 Å². The summed E-state index contributed by atoms with van der Waals surface area (Å²) < 4.78 is 12.1. The minimum Gasteiger partial charge on any atom is -0.247 e. The van der Waals surface area contributed by atoms with Crippen LogP contribution in [0.3, 0.4) is 0 Å². The van der Waals surface area contributed by atoms with Gasteiger partial charge in [-0.25, -0.2) is 4.39 Å². The van der Waals surface area contributed by atoms with Crippen LogP contribution in [-0.2, 0) is 0 Å². The molecule has 0 N–H and O–H groups in total. The molecule has 43 valence electrons. The molecule has 0 nitrogen and oxygen atoms in total. The van der Waals surface area contributed by atoms with Gasteiger partial charge in [-0.2, -0.15) is 0 Å². The van der Waals surface area contributed by atoms with E-state index < -0.39 is 6.17 Å². The van der Waals surface area contributed by atoms with Crippen molar-refractivity contribution in [2.45, 2.75) is 32.9 Å². The highest BCUT2D eigenvalue weighted by molar-refractivity contribution is 4.62. The van der Waals surface area contributed by atoms with Crippen LogP contribution in [0.15, 0.2) is 0 Å². The highest BCUT2D eigenvalue weighted by Gasteiger charge is 1.97. The molecule has 0 aromatic rings. The highest BCUT2D eigenvalue weighted by Crippen LogP contribution is 2.02. The summed E-state index contributed by atoms with van der Waals surface area (Å²) in [6, 6.07) is 0. The number of hydrogen-bond acceptors (Lipinski definition) is 0. The standard InChI is InChI=1S/C6H12F/c1-3-5-6(7)4-2/h3,6H,4-5H2,1-2H3. The molecule has 0 heterocycles. The van der Waals surface area contributed by atoms with Crippen molar-refractivity contribution in [3.8, 4) is 0 Å². The molecule has 0 amide bonds. The normalized spacial score (nSPS) is 14.1. The second-order valence-electron chi connectivity index (χ2n) is 1.65. The maximum absolute atomic E-state index is 12.1. The van der Waals surface area contributed by atoms with E-state index in [1.165, 1.54) is 0 Å². The summed E-state index contributed by atoms with van der Waals surface area (Å²) in [4.78, 5) is 0. The van der Waals surface area contributed by atoms with Gasteiger partial charge in [-0.1, -0.05) is 13.8 Å². The average Bonchev–Trinajstić information content (AvgIpc) is 1.68. The van der Waals surface area contributed by atoms with Crippen molar-refractivity contribution in [3.63, 3.8) is 0 Å². The van der Waals surface area contributed by atoms with E-state index in [2.05, 4.69) is 0 Å². The molecule has 0 saturated heterocycles. The molecule has 0 saturated carbocycles. The van der Waals surface area contributed by atoms with Crippen LogP contribution in [0.4, 0.5) is 4.39 Å². The lowest BCUT2D eigenvalue weighted by Crippen LogP contribution is -1.94. The van der Waals surface area contributed by atoms with Gasteiger partial charge in [0, 0.05) is 0 Å². The second-order valence-corrected chi connectivity index (χ2v) is 1.65. The van der Waals surface area contributed by atoms with Crippen molar-refractivity contribution >= 4 is 0 Å². The number of rotatable bonds is 3. The van der Waals surface area contributed by atoms with E-state index in [1.54, 1.807) is 0 Å². The van der Waals surface area contributed by atoms with Gasteiger partial charge in [-0.05, 0) is 19.3 Å². The van der Waals surface area contributed by atoms with E-state index in [0.29, 0.717) is 12.8 Å². The van der Waals surface area contributed by atoms with E-state index in [9.17, 15) is 4.39 Å². The molecule has 0 aliphatic carbocycles. The summed E-state index contributed by atoms with van der Waals surface area (Å²) in [6.07, 6.45) is 2.50. The van der Waals surface area contributed by atoms with Crippen molar-refractivity contribution in [1.29, 1.82) is 0 Å². The predicted octanol–water partition coefficient (Wildman–Crippen LogP) is 2.35. The van der Waals surface area contributed by atoms with E-state index in [-0.39, 0.29) is 0 Å². The van der Waals surface area contributed by atoms with Gasteiger partial charge in [0.2, 0.25) is 0 Å². The summed E-state index contributed by atoms with van der Waals surface area (Å²) in [5.41, 5.74) is 0. The summed E-state index contributed by atoms with van der Waals surface area (Å²) in [6.45, 7) is 3.73. The van der Waals surface area contributed by atoms with Crippen LogP contribution >= 0.6 is 0 Å². The molecule has 0 spiro atoms. The smallest absolute Gasteiger partial charge is 0.100 e. The number of halogens is 1. The lowest BCUT2D eigenvalue weighted by atomic mass is 10.2. The number of hydrogen-bond donors (Lipinski definition) is 0. The third-order valence-electron chi connectivity index (χ3n) is 0.934. The van der Waals surface area contributed by atoms with Crippen LogP contribution in [0.5, 0.6) is 0 Å². The van der Waals surface area contributed by atoms with Crippen LogP contribution in [0.2, 0.25) is 0 Å². The van der Waals surface area contributed by atoms with Crippen molar-refractivity contribution in [3.05, 3.63) is 6.42 Å². The Morgan fingerprint density at radius 2 is 2.29 bits per heavy atom. The first-order chi connectivity index (χ1) is 3.31. The van der Waals surface area contributed by atoms with E-state index >= 15 is 0 Å². The number of alkyl halides is 1. The maximum Gasteiger partial charge on any atom is 0.100 e. The quantitative estimate of drug-likeness (QED) is 0.514. The zero-order chi connectivity index (χ0) is 5.70. The fraction of sp³-hybridized carbons (Fsp3) is 0.833. The zero-order valence-electron chi connectivity index (χ0n) is 4.95. The van der Waals surface area contributed by atoms with Crippen molar-refractivity contribution < 1.29 is 4.39 Å². The van der Waals surface area contributed by atoms with Gasteiger partial charge >= 0.3 is 0 Å². The Balaban J connectivity index is 2.83. The largest absolute Gasteiger partial charge is 0.247 e. The molecule has 1 unspecified atom stereocenters. The molecule has 1 atom stereocenters. The molecule has 0 aromatic heterocycles. The Morgan fingerprint density at radius 3 is 2.43 bits per heavy atom. The topological polar surface area (TPSA) is 0 Å². The fourth-order valence-electron chi connectivity index (χ4n) is 0.422. The second kappa shape index (κ2) is 4.10. The first-order valence-electron chi connectivity index (χ1n) is 2.73. The van der Waals surface area contributed by atoms with Gasteiger partial charge in [0.15, 0.2) is 0 Å². The molecule has 1 heteroatoms. The van der Waals surface area contributed by atoms with E-state index in [1.807, 2.05) is 20.3 Å². The highest BCUT2D eigenvalue weighted by atomic mass is 19.1. The van der Waals surface area contributed by atoms with Crippen molar-refractivity contribution in [2.24, 2.45) is 0 Å². The van der Waals surface area contributed by atoms with Crippen LogP contribution in [0.1, 0.15) is 26.7 Å². The molecule has 0 aromatic carbocycles. The Hall–Kier alpha value is -0.0700. The Bertz CT molecular complexity index is 35.2. The van der Waals surface area contributed by atoms with Crippen LogP contribution in [0.25, 0.3) is 0 Å². The molecular formula is C6H12F. The lowest BCUT2D eigenvalue weighted by molar-refractivity contribution is 0.321. The third-order valence-corrected chi connectivity index (χ3v) is 0.934. The molecule has 7 heavy (non-hydrogen) atoms. The first-order valence-corrected chi connectivity index (χ1v) is 2.73. The van der Waals surface area contributed by atoms with Gasteiger partial charge in [0.05, 0.1) is 0 Å². The van der Waals surface area contributed by atoms with Gasteiger partial charge in [-0.15, -0.1) is 0 Å². The molecule has 0 rings (SSSR count). The van der Waals surface area contributed by atoms with Gasteiger partial charge in [0.25, 0.3) is 0 Å². The van der Waals surface area contributed by atoms with Crippen molar-refractivity contribution in [1.82, 2.24) is 0 Å². The minimum atomic E-state index is -0.606. The third kappa shape index (κ3) is 3.77. The monoisotopic (exact) mass is 103 g/mol. The molecule has 0 bridgehead atoms. The van der Waals surface area contributed by atoms with Crippen LogP contribution in [0, 0.1) is 6.42 Å². The van der Waals surface area contributed by atoms with Gasteiger partial charge in [0.1, 0.15) is 6.17 Å². The minimum absolute atomic E-state index is 0.606. The summed E-state index contributed by atoms with van der Waals surface area (Å²) >= 11 is 0. The molecular weight excluding hydrogens is 91.1 g/mol. The summed E-state index contributed by atoms with van der Waals surface area (Å²) in [5.74, 6) is 0. The summed E-state index contributed by atoms with van der Waals surface area (Å²) in [5, 5.41) is 0. The van der Waals surface area contributed by atoms with Gasteiger partial charge in [-0.3, -0.25) is 0 Å². The van der Waals surface area contributed by atoms with E-state index in [4.69, 9.17) is 0 Å². The van der Waals surface area contributed by atoms with Crippen LogP contribution in [-0.4, -0.2) is 6.17 Å². The molecule has 0 aliphatic heterocycles. The molecule has 0 aliphatic rings. The fourth-order valence-corrected chi connectivity index (χ4v) is 0.422. The predicted molar refractivity (Wildman–Crippen MR) is 29.8 cm³/mol. The molecule has 0 fully saturated rings. The maximum atomic E-state index is 12.1. The first kappa shape index (κ1) is 6.93. The Kier molecular flexibility index (Phi) is 4.06. The van der Waals surface area contributed by atoms with E-state index in [0.717, 1.165) is 0 Å². The van der Waals surface area contributed by atoms with Crippen molar-refractivity contribution in [2.75, 3.05) is 0 Å².